The molecule has 1 aliphatic heterocycles. The third-order valence-corrected chi connectivity index (χ3v) is 7.04. The minimum atomic E-state index is -3.44. The normalized spacial score (nSPS) is 15.0. The number of ether oxygens (including phenoxy) is 1. The molecule has 0 aromatic heterocycles. The summed E-state index contributed by atoms with van der Waals surface area (Å²) in [6.07, 6.45) is 0. The number of para-hydroxylation sites is 1. The fourth-order valence-corrected chi connectivity index (χ4v) is 4.98. The molecule has 162 valence electrons. The van der Waals surface area contributed by atoms with Gasteiger partial charge in [-0.15, -0.1) is 0 Å². The number of amides is 1. The molecule has 1 saturated heterocycles. The zero-order valence-corrected chi connectivity index (χ0v) is 18.3. The van der Waals surface area contributed by atoms with Crippen LogP contribution >= 0.6 is 0 Å². The van der Waals surface area contributed by atoms with Gasteiger partial charge in [0.1, 0.15) is 5.75 Å². The minimum Gasteiger partial charge on any atom is -0.496 e. The summed E-state index contributed by atoms with van der Waals surface area (Å²) in [6, 6.07) is 14.8. The van der Waals surface area contributed by atoms with Crippen molar-refractivity contribution in [2.45, 2.75) is 13.5 Å². The first-order valence-corrected chi connectivity index (χ1v) is 11.7. The van der Waals surface area contributed by atoms with Crippen molar-refractivity contribution < 1.29 is 17.9 Å². The number of sulfonamides is 1. The predicted octanol–water partition coefficient (Wildman–Crippen LogP) is 1.88. The number of methoxy groups -OCH3 is 1. The first kappa shape index (κ1) is 22.3. The molecule has 3 rings (SSSR count). The van der Waals surface area contributed by atoms with Crippen LogP contribution in [0.2, 0.25) is 0 Å². The van der Waals surface area contributed by atoms with E-state index in [1.54, 1.807) is 18.1 Å². The summed E-state index contributed by atoms with van der Waals surface area (Å²) in [5.41, 5.74) is 2.36. The lowest BCUT2D eigenvalue weighted by Gasteiger charge is -2.29. The average molecular weight is 432 g/mol. The molecular weight excluding hydrogens is 402 g/mol. The van der Waals surface area contributed by atoms with Gasteiger partial charge in [-0.1, -0.05) is 35.9 Å². The van der Waals surface area contributed by atoms with Crippen molar-refractivity contribution in [1.29, 1.82) is 0 Å². The maximum atomic E-state index is 13.3. The Hall–Kier alpha value is -2.42. The molecule has 0 saturated carbocycles. The van der Waals surface area contributed by atoms with Crippen LogP contribution in [0.1, 0.15) is 21.5 Å². The number of nitrogens with zero attached hydrogens (tertiary/aromatic N) is 2. The molecule has 7 nitrogen and oxygen atoms in total. The third kappa shape index (κ3) is 5.59. The molecule has 2 aromatic rings. The summed E-state index contributed by atoms with van der Waals surface area (Å²) in [5, 5.41) is 3.16. The van der Waals surface area contributed by atoms with Crippen molar-refractivity contribution in [3.63, 3.8) is 0 Å². The van der Waals surface area contributed by atoms with E-state index < -0.39 is 10.0 Å². The lowest BCUT2D eigenvalue weighted by atomic mass is 10.1. The van der Waals surface area contributed by atoms with Gasteiger partial charge in [0.05, 0.1) is 12.9 Å². The van der Waals surface area contributed by atoms with Crippen molar-refractivity contribution in [2.24, 2.45) is 0 Å². The van der Waals surface area contributed by atoms with E-state index in [1.807, 2.05) is 49.4 Å². The molecule has 8 heteroatoms. The Labute approximate surface area is 178 Å². The number of aryl methyl sites for hydroxylation is 1. The van der Waals surface area contributed by atoms with Crippen LogP contribution in [-0.2, 0) is 16.6 Å². The second kappa shape index (κ2) is 10.1. The molecule has 2 aromatic carbocycles. The lowest BCUT2D eigenvalue weighted by Crippen LogP contribution is -2.48. The first-order chi connectivity index (χ1) is 14.4. The van der Waals surface area contributed by atoms with Gasteiger partial charge in [-0.3, -0.25) is 4.79 Å². The SMILES string of the molecule is COc1ccccc1CN(CCS(=O)(=O)N1CCNCC1)C(=O)c1cccc(C)c1. The summed E-state index contributed by atoms with van der Waals surface area (Å²) in [5.74, 6) is 0.365. The molecule has 0 bridgehead atoms. The highest BCUT2D eigenvalue weighted by atomic mass is 32.2. The Bertz CT molecular complexity index is 972. The van der Waals surface area contributed by atoms with Crippen LogP contribution in [0.5, 0.6) is 5.75 Å². The molecule has 1 aliphatic rings. The highest BCUT2D eigenvalue weighted by molar-refractivity contribution is 7.89. The van der Waals surface area contributed by atoms with Gasteiger partial charge in [0.25, 0.3) is 5.91 Å². The van der Waals surface area contributed by atoms with Gasteiger partial charge < -0.3 is 15.0 Å². The van der Waals surface area contributed by atoms with Crippen molar-refractivity contribution >= 4 is 15.9 Å². The zero-order valence-electron chi connectivity index (χ0n) is 17.5. The van der Waals surface area contributed by atoms with Crippen molar-refractivity contribution in [2.75, 3.05) is 45.6 Å². The quantitative estimate of drug-likeness (QED) is 0.691. The molecule has 1 amide bonds. The van der Waals surface area contributed by atoms with E-state index in [0.29, 0.717) is 37.5 Å². The number of hydrogen-bond acceptors (Lipinski definition) is 5. The third-order valence-electron chi connectivity index (χ3n) is 5.19. The summed E-state index contributed by atoms with van der Waals surface area (Å²) >= 11 is 0. The maximum Gasteiger partial charge on any atom is 0.254 e. The van der Waals surface area contributed by atoms with E-state index in [9.17, 15) is 13.2 Å². The summed E-state index contributed by atoms with van der Waals surface area (Å²) in [4.78, 5) is 14.9. The molecule has 1 N–H and O–H groups in total. The highest BCUT2D eigenvalue weighted by Gasteiger charge is 2.26. The number of hydrogen-bond donors (Lipinski definition) is 1. The molecule has 0 atom stereocenters. The molecule has 0 spiro atoms. The van der Waals surface area contributed by atoms with E-state index in [0.717, 1.165) is 11.1 Å². The average Bonchev–Trinajstić information content (AvgIpc) is 2.77. The molecule has 0 aliphatic carbocycles. The number of piperazine rings is 1. The Balaban J connectivity index is 1.82. The van der Waals surface area contributed by atoms with Crippen LogP contribution in [0.15, 0.2) is 48.5 Å². The van der Waals surface area contributed by atoms with Gasteiger partial charge in [-0.05, 0) is 25.1 Å². The Morgan fingerprint density at radius 2 is 1.87 bits per heavy atom. The van der Waals surface area contributed by atoms with Crippen LogP contribution < -0.4 is 10.1 Å². The molecule has 1 fully saturated rings. The largest absolute Gasteiger partial charge is 0.496 e. The van der Waals surface area contributed by atoms with Crippen LogP contribution in [0.25, 0.3) is 0 Å². The van der Waals surface area contributed by atoms with E-state index in [4.69, 9.17) is 4.74 Å². The Morgan fingerprint density at radius 3 is 2.57 bits per heavy atom. The van der Waals surface area contributed by atoms with Gasteiger partial charge in [-0.2, -0.15) is 4.31 Å². The van der Waals surface area contributed by atoms with Gasteiger partial charge in [0.15, 0.2) is 0 Å². The number of benzene rings is 2. The molecule has 0 radical (unpaired) electrons. The summed E-state index contributed by atoms with van der Waals surface area (Å²) in [7, 11) is -1.86. The topological polar surface area (TPSA) is 79.0 Å². The van der Waals surface area contributed by atoms with Crippen molar-refractivity contribution in [3.8, 4) is 5.75 Å². The number of carbonyl (C=O) groups excluding carboxylic acids is 1. The summed E-state index contributed by atoms with van der Waals surface area (Å²) < 4.78 is 32.6. The lowest BCUT2D eigenvalue weighted by molar-refractivity contribution is 0.0752. The van der Waals surface area contributed by atoms with Crippen LogP contribution in [0, 0.1) is 6.92 Å². The number of carbonyl (C=O) groups is 1. The molecule has 30 heavy (non-hydrogen) atoms. The fourth-order valence-electron chi connectivity index (χ4n) is 3.53. The van der Waals surface area contributed by atoms with Crippen LogP contribution in [0.3, 0.4) is 0 Å². The second-order valence-electron chi connectivity index (χ2n) is 7.37. The Morgan fingerprint density at radius 1 is 1.13 bits per heavy atom. The fraction of sp³-hybridized carbons (Fsp3) is 0.409. The van der Waals surface area contributed by atoms with Crippen molar-refractivity contribution in [3.05, 3.63) is 65.2 Å². The highest BCUT2D eigenvalue weighted by Crippen LogP contribution is 2.21. The van der Waals surface area contributed by atoms with Gasteiger partial charge in [0.2, 0.25) is 10.0 Å². The van der Waals surface area contributed by atoms with Crippen molar-refractivity contribution in [1.82, 2.24) is 14.5 Å². The van der Waals surface area contributed by atoms with Gasteiger partial charge in [-0.25, -0.2) is 8.42 Å². The second-order valence-corrected chi connectivity index (χ2v) is 9.46. The first-order valence-electron chi connectivity index (χ1n) is 10.1. The number of rotatable bonds is 8. The van der Waals surface area contributed by atoms with E-state index >= 15 is 0 Å². The molecular formula is C22H29N3O4S. The van der Waals surface area contributed by atoms with E-state index in [1.165, 1.54) is 4.31 Å². The minimum absolute atomic E-state index is 0.108. The Kier molecular flexibility index (Phi) is 7.47. The van der Waals surface area contributed by atoms with Crippen LogP contribution in [-0.4, -0.2) is 69.1 Å². The van der Waals surface area contributed by atoms with Crippen LogP contribution in [0.4, 0.5) is 0 Å². The van der Waals surface area contributed by atoms with Gasteiger partial charge >= 0.3 is 0 Å². The standard InChI is InChI=1S/C22H29N3O4S/c1-18-6-5-8-19(16-18)22(26)24(17-20-7-3-4-9-21(20)29-2)14-15-30(27,28)25-12-10-23-11-13-25/h3-9,16,23H,10-15,17H2,1-2H3. The molecule has 0 unspecified atom stereocenters. The number of nitrogens with one attached hydrogen (secondary N) is 1. The smallest absolute Gasteiger partial charge is 0.254 e. The predicted molar refractivity (Wildman–Crippen MR) is 117 cm³/mol. The maximum absolute atomic E-state index is 13.3. The monoisotopic (exact) mass is 431 g/mol. The zero-order chi connectivity index (χ0) is 21.6. The molecule has 1 heterocycles. The van der Waals surface area contributed by atoms with E-state index in [2.05, 4.69) is 5.32 Å². The summed E-state index contributed by atoms with van der Waals surface area (Å²) in [6.45, 7) is 4.52. The van der Waals surface area contributed by atoms with E-state index in [-0.39, 0.29) is 24.7 Å². The van der Waals surface area contributed by atoms with Gasteiger partial charge in [0, 0.05) is 50.4 Å².